The summed E-state index contributed by atoms with van der Waals surface area (Å²) in [6, 6.07) is 11.0. The number of hydrogen-bond donors (Lipinski definition) is 2. The molecule has 10 heteroatoms. The molecule has 0 aliphatic heterocycles. The van der Waals surface area contributed by atoms with Gasteiger partial charge in [0.05, 0.1) is 27.9 Å². The number of thioether (sulfide) groups is 1. The molecule has 1 amide bonds. The smallest absolute Gasteiger partial charge is 0.230 e. The molecule has 0 spiro atoms. The average molecular weight is 426 g/mol. The van der Waals surface area contributed by atoms with Gasteiger partial charge in [0.1, 0.15) is 5.82 Å². The van der Waals surface area contributed by atoms with E-state index in [9.17, 15) is 17.6 Å². The molecule has 0 saturated carbocycles. The van der Waals surface area contributed by atoms with Gasteiger partial charge in [-0.05, 0) is 35.9 Å². The van der Waals surface area contributed by atoms with Gasteiger partial charge in [-0.15, -0.1) is 11.3 Å². The van der Waals surface area contributed by atoms with Crippen molar-refractivity contribution >= 4 is 54.9 Å². The third kappa shape index (κ3) is 5.91. The van der Waals surface area contributed by atoms with E-state index in [1.807, 2.05) is 0 Å². The number of anilines is 1. The van der Waals surface area contributed by atoms with Crippen molar-refractivity contribution in [3.05, 3.63) is 53.8 Å². The number of rotatable bonds is 7. The zero-order valence-corrected chi connectivity index (χ0v) is 16.7. The Kier molecular flexibility index (Phi) is 5.98. The van der Waals surface area contributed by atoms with Gasteiger partial charge < -0.3 is 5.32 Å². The highest BCUT2D eigenvalue weighted by molar-refractivity contribution is 8.01. The highest BCUT2D eigenvalue weighted by Crippen LogP contribution is 2.31. The van der Waals surface area contributed by atoms with Crippen LogP contribution in [0.2, 0.25) is 0 Å². The number of halogens is 1. The van der Waals surface area contributed by atoms with Crippen molar-refractivity contribution in [2.45, 2.75) is 10.9 Å². The number of thiazole rings is 1. The highest BCUT2D eigenvalue weighted by atomic mass is 32.2. The lowest BCUT2D eigenvalue weighted by molar-refractivity contribution is -0.118. The van der Waals surface area contributed by atoms with Crippen LogP contribution in [0.15, 0.2) is 46.8 Å². The summed E-state index contributed by atoms with van der Waals surface area (Å²) in [5.74, 6) is -0.260. The second-order valence-electron chi connectivity index (χ2n) is 5.73. The fourth-order valence-electron chi connectivity index (χ4n) is 2.22. The van der Waals surface area contributed by atoms with Crippen LogP contribution in [-0.2, 0) is 21.4 Å². The average Bonchev–Trinajstić information content (AvgIpc) is 3.00. The number of carbonyl (C=O) groups is 1. The van der Waals surface area contributed by atoms with Crippen LogP contribution in [-0.4, -0.2) is 31.3 Å². The quantitative estimate of drug-likeness (QED) is 0.568. The van der Waals surface area contributed by atoms with Crippen molar-refractivity contribution in [3.8, 4) is 0 Å². The van der Waals surface area contributed by atoms with Crippen molar-refractivity contribution < 1.29 is 17.6 Å². The van der Waals surface area contributed by atoms with E-state index in [-0.39, 0.29) is 17.5 Å². The van der Waals surface area contributed by atoms with Crippen LogP contribution in [0.4, 0.5) is 10.1 Å². The van der Waals surface area contributed by atoms with Gasteiger partial charge in [0.25, 0.3) is 0 Å². The largest absolute Gasteiger partial charge is 0.351 e. The number of nitrogens with zero attached hydrogens (tertiary/aromatic N) is 1. The minimum absolute atomic E-state index is 0.150. The van der Waals surface area contributed by atoms with Crippen LogP contribution in [0.5, 0.6) is 0 Å². The summed E-state index contributed by atoms with van der Waals surface area (Å²) >= 11 is 2.70. The maximum absolute atomic E-state index is 12.9. The van der Waals surface area contributed by atoms with Gasteiger partial charge in [0.15, 0.2) is 4.34 Å². The third-order valence-corrected chi connectivity index (χ3v) is 6.17. The van der Waals surface area contributed by atoms with Gasteiger partial charge >= 0.3 is 0 Å². The molecular formula is C17H16FN3O3S3. The van der Waals surface area contributed by atoms with Gasteiger partial charge in [0, 0.05) is 6.54 Å². The maximum atomic E-state index is 12.9. The first kappa shape index (κ1) is 19.6. The minimum Gasteiger partial charge on any atom is -0.351 e. The number of nitrogens with one attached hydrogen (secondary N) is 2. The minimum atomic E-state index is -3.34. The fraction of sp³-hybridized carbons (Fsp3) is 0.176. The molecule has 0 radical (unpaired) electrons. The molecule has 0 fully saturated rings. The summed E-state index contributed by atoms with van der Waals surface area (Å²) in [6.45, 7) is 0.333. The summed E-state index contributed by atoms with van der Waals surface area (Å²) in [5.41, 5.74) is 2.04. The Balaban J connectivity index is 1.56. The highest BCUT2D eigenvalue weighted by Gasteiger charge is 2.10. The lowest BCUT2D eigenvalue weighted by Crippen LogP contribution is -2.24. The number of sulfonamides is 1. The van der Waals surface area contributed by atoms with E-state index in [1.165, 1.54) is 35.2 Å². The first-order chi connectivity index (χ1) is 12.8. The van der Waals surface area contributed by atoms with Crippen LogP contribution >= 0.6 is 23.1 Å². The van der Waals surface area contributed by atoms with Gasteiger partial charge in [-0.3, -0.25) is 9.52 Å². The summed E-state index contributed by atoms with van der Waals surface area (Å²) in [7, 11) is -3.34. The molecule has 1 aromatic heterocycles. The molecule has 2 aromatic carbocycles. The summed E-state index contributed by atoms with van der Waals surface area (Å²) in [4.78, 5) is 16.4. The second kappa shape index (κ2) is 8.24. The van der Waals surface area contributed by atoms with Gasteiger partial charge in [0.2, 0.25) is 15.9 Å². The standard InChI is InChI=1S/C17H16FN3O3S3/c1-27(23,24)21-13-6-7-14-15(8-13)26-17(20-14)25-10-16(22)19-9-11-2-4-12(18)5-3-11/h2-8,21H,9-10H2,1H3,(H,19,22). The topological polar surface area (TPSA) is 88.2 Å². The lowest BCUT2D eigenvalue weighted by Gasteiger charge is -2.04. The van der Waals surface area contributed by atoms with Crippen LogP contribution in [0.3, 0.4) is 0 Å². The molecule has 27 heavy (non-hydrogen) atoms. The Labute approximate surface area is 164 Å². The van der Waals surface area contributed by atoms with Gasteiger partial charge in [-0.1, -0.05) is 23.9 Å². The molecule has 0 aliphatic carbocycles. The van der Waals surface area contributed by atoms with Crippen molar-refractivity contribution in [1.29, 1.82) is 0 Å². The van der Waals surface area contributed by atoms with E-state index in [2.05, 4.69) is 15.0 Å². The molecule has 0 unspecified atom stereocenters. The van der Waals surface area contributed by atoms with Crippen molar-refractivity contribution in [1.82, 2.24) is 10.3 Å². The number of carbonyl (C=O) groups excluding carboxylic acids is 1. The number of aromatic nitrogens is 1. The van der Waals surface area contributed by atoms with Crippen LogP contribution in [0, 0.1) is 5.82 Å². The van der Waals surface area contributed by atoms with Crippen molar-refractivity contribution in [3.63, 3.8) is 0 Å². The molecule has 0 aliphatic rings. The van der Waals surface area contributed by atoms with E-state index in [0.717, 1.165) is 26.4 Å². The number of fused-ring (bicyclic) bond motifs is 1. The molecule has 6 nitrogen and oxygen atoms in total. The zero-order valence-electron chi connectivity index (χ0n) is 14.2. The molecule has 0 saturated heterocycles. The Morgan fingerprint density at radius 1 is 1.22 bits per heavy atom. The molecule has 0 bridgehead atoms. The zero-order chi connectivity index (χ0) is 19.4. The molecule has 0 atom stereocenters. The number of benzene rings is 2. The van der Waals surface area contributed by atoms with Crippen molar-refractivity contribution in [2.75, 3.05) is 16.7 Å². The Morgan fingerprint density at radius 3 is 2.67 bits per heavy atom. The summed E-state index contributed by atoms with van der Waals surface area (Å²) < 4.78 is 39.5. The Hall–Kier alpha value is -2.17. The monoisotopic (exact) mass is 425 g/mol. The first-order valence-corrected chi connectivity index (χ1v) is 11.5. The molecule has 142 valence electrons. The Bertz CT molecular complexity index is 1070. The van der Waals surface area contributed by atoms with Gasteiger partial charge in [-0.2, -0.15) is 0 Å². The maximum Gasteiger partial charge on any atom is 0.230 e. The molecule has 3 aromatic rings. The fourth-order valence-corrected chi connectivity index (χ4v) is 4.72. The first-order valence-electron chi connectivity index (χ1n) is 7.81. The van der Waals surface area contributed by atoms with Crippen LogP contribution < -0.4 is 10.0 Å². The van der Waals surface area contributed by atoms with E-state index in [0.29, 0.717) is 12.2 Å². The number of hydrogen-bond acceptors (Lipinski definition) is 6. The van der Waals surface area contributed by atoms with Gasteiger partial charge in [-0.25, -0.2) is 17.8 Å². The molecule has 2 N–H and O–H groups in total. The van der Waals surface area contributed by atoms with E-state index in [4.69, 9.17) is 0 Å². The molecule has 3 rings (SSSR count). The number of amides is 1. The Morgan fingerprint density at radius 2 is 1.96 bits per heavy atom. The van der Waals surface area contributed by atoms with E-state index >= 15 is 0 Å². The van der Waals surface area contributed by atoms with E-state index < -0.39 is 10.0 Å². The normalized spacial score (nSPS) is 11.5. The predicted octanol–water partition coefficient (Wildman–Crippen LogP) is 3.22. The van der Waals surface area contributed by atoms with E-state index in [1.54, 1.807) is 30.3 Å². The summed E-state index contributed by atoms with van der Waals surface area (Å²) in [5, 5.41) is 2.78. The van der Waals surface area contributed by atoms with Crippen LogP contribution in [0.1, 0.15) is 5.56 Å². The van der Waals surface area contributed by atoms with Crippen molar-refractivity contribution in [2.24, 2.45) is 0 Å². The summed E-state index contributed by atoms with van der Waals surface area (Å²) in [6.07, 6.45) is 1.09. The van der Waals surface area contributed by atoms with Crippen LogP contribution in [0.25, 0.3) is 10.2 Å². The molecular weight excluding hydrogens is 409 g/mol. The SMILES string of the molecule is CS(=O)(=O)Nc1ccc2nc(SCC(=O)NCc3ccc(F)cc3)sc2c1. The second-order valence-corrected chi connectivity index (χ2v) is 9.73. The third-order valence-electron chi connectivity index (χ3n) is 3.40. The lowest BCUT2D eigenvalue weighted by atomic mass is 10.2. The predicted molar refractivity (Wildman–Crippen MR) is 107 cm³/mol. The molecule has 1 heterocycles.